The number of hydrogen-bond donors (Lipinski definition) is 1. The Hall–Kier alpha value is -0.640. The van der Waals surface area contributed by atoms with Crippen molar-refractivity contribution in [3.05, 3.63) is 34.6 Å². The summed E-state index contributed by atoms with van der Waals surface area (Å²) in [4.78, 5) is 0. The first kappa shape index (κ1) is 14.4. The van der Waals surface area contributed by atoms with Crippen LogP contribution in [0.15, 0.2) is 18.2 Å². The van der Waals surface area contributed by atoms with E-state index in [9.17, 15) is 9.50 Å². The normalized spacial score (nSPS) is 13.8. The van der Waals surface area contributed by atoms with Crippen LogP contribution in [0.1, 0.15) is 25.8 Å². The molecule has 0 saturated heterocycles. The second kappa shape index (κ2) is 5.80. The Morgan fingerprint density at radius 1 is 1.47 bits per heavy atom. The first-order chi connectivity index (χ1) is 7.84. The highest BCUT2D eigenvalue weighted by atomic mass is 35.5. The Kier molecular flexibility index (Phi) is 4.92. The molecule has 0 bridgehead atoms. The lowest BCUT2D eigenvalue weighted by Crippen LogP contribution is -2.29. The van der Waals surface area contributed by atoms with Gasteiger partial charge in [0.2, 0.25) is 0 Å². The lowest BCUT2D eigenvalue weighted by molar-refractivity contribution is -0.0190. The zero-order valence-corrected chi connectivity index (χ0v) is 11.1. The number of methoxy groups -OCH3 is 1. The molecular formula is C13H18ClFO2. The number of rotatable bonds is 5. The predicted octanol–water partition coefficient (Wildman–Crippen LogP) is 3.20. The maximum Gasteiger partial charge on any atom is 0.142 e. The number of hydrogen-bond acceptors (Lipinski definition) is 2. The molecule has 0 radical (unpaired) electrons. The molecule has 1 atom stereocenters. The van der Waals surface area contributed by atoms with Crippen LogP contribution in [-0.4, -0.2) is 23.9 Å². The van der Waals surface area contributed by atoms with Gasteiger partial charge in [0, 0.05) is 13.5 Å². The summed E-state index contributed by atoms with van der Waals surface area (Å²) in [6, 6.07) is 4.57. The Labute approximate surface area is 106 Å². The van der Waals surface area contributed by atoms with Crippen molar-refractivity contribution >= 4 is 11.6 Å². The molecule has 17 heavy (non-hydrogen) atoms. The minimum Gasteiger partial charge on any atom is -0.393 e. The summed E-state index contributed by atoms with van der Waals surface area (Å²) in [5, 5.41) is 9.99. The van der Waals surface area contributed by atoms with E-state index in [4.69, 9.17) is 16.3 Å². The van der Waals surface area contributed by atoms with Gasteiger partial charge in [0.05, 0.1) is 16.7 Å². The lowest BCUT2D eigenvalue weighted by Gasteiger charge is -2.25. The quantitative estimate of drug-likeness (QED) is 0.881. The molecule has 0 heterocycles. The molecule has 2 nitrogen and oxygen atoms in total. The van der Waals surface area contributed by atoms with Crippen LogP contribution in [0.5, 0.6) is 0 Å². The first-order valence-corrected chi connectivity index (χ1v) is 5.89. The fourth-order valence-electron chi connectivity index (χ4n) is 1.66. The third-order valence-electron chi connectivity index (χ3n) is 2.74. The zero-order chi connectivity index (χ0) is 13.1. The van der Waals surface area contributed by atoms with E-state index >= 15 is 0 Å². The Morgan fingerprint density at radius 2 is 2.12 bits per heavy atom. The average Bonchev–Trinajstić information content (AvgIpc) is 2.23. The average molecular weight is 261 g/mol. The van der Waals surface area contributed by atoms with Crippen molar-refractivity contribution < 1.29 is 14.2 Å². The second-order valence-corrected chi connectivity index (χ2v) is 5.18. The van der Waals surface area contributed by atoms with Gasteiger partial charge < -0.3 is 9.84 Å². The molecule has 0 aliphatic heterocycles. The summed E-state index contributed by atoms with van der Waals surface area (Å²) in [5.41, 5.74) is 0.344. The second-order valence-electron chi connectivity index (χ2n) is 4.77. The van der Waals surface area contributed by atoms with Crippen LogP contribution >= 0.6 is 11.6 Å². The summed E-state index contributed by atoms with van der Waals surface area (Å²) >= 11 is 5.59. The van der Waals surface area contributed by atoms with E-state index in [1.54, 1.807) is 13.2 Å². The molecule has 0 fully saturated rings. The van der Waals surface area contributed by atoms with Gasteiger partial charge in [-0.15, -0.1) is 0 Å². The van der Waals surface area contributed by atoms with Crippen LogP contribution in [0.2, 0.25) is 5.02 Å². The molecular weight excluding hydrogens is 243 g/mol. The third kappa shape index (κ3) is 4.62. The van der Waals surface area contributed by atoms with Crippen LogP contribution in [0.3, 0.4) is 0 Å². The Balaban J connectivity index is 2.62. The van der Waals surface area contributed by atoms with Crippen LogP contribution in [0.4, 0.5) is 4.39 Å². The molecule has 0 amide bonds. The predicted molar refractivity (Wildman–Crippen MR) is 66.8 cm³/mol. The van der Waals surface area contributed by atoms with Crippen molar-refractivity contribution in [2.75, 3.05) is 7.11 Å². The van der Waals surface area contributed by atoms with Crippen LogP contribution in [0, 0.1) is 5.82 Å². The van der Waals surface area contributed by atoms with Crippen molar-refractivity contribution in [3.8, 4) is 0 Å². The molecule has 1 rings (SSSR count). The van der Waals surface area contributed by atoms with E-state index in [1.165, 1.54) is 12.1 Å². The minimum atomic E-state index is -0.564. The van der Waals surface area contributed by atoms with Gasteiger partial charge >= 0.3 is 0 Å². The third-order valence-corrected chi connectivity index (χ3v) is 3.04. The van der Waals surface area contributed by atoms with E-state index in [-0.39, 0.29) is 10.6 Å². The molecule has 0 aromatic heterocycles. The summed E-state index contributed by atoms with van der Waals surface area (Å²) in [7, 11) is 1.61. The molecule has 96 valence electrons. The number of aliphatic hydroxyl groups is 1. The van der Waals surface area contributed by atoms with Gasteiger partial charge in [-0.25, -0.2) is 4.39 Å². The Morgan fingerprint density at radius 3 is 2.65 bits per heavy atom. The summed E-state index contributed by atoms with van der Waals surface area (Å²) in [6.07, 6.45) is 0.319. The van der Waals surface area contributed by atoms with Gasteiger partial charge in [0.1, 0.15) is 5.82 Å². The molecule has 1 aromatic carbocycles. The topological polar surface area (TPSA) is 29.5 Å². The van der Waals surface area contributed by atoms with Gasteiger partial charge in [-0.05, 0) is 38.0 Å². The van der Waals surface area contributed by atoms with Gasteiger partial charge in [0.25, 0.3) is 0 Å². The summed E-state index contributed by atoms with van der Waals surface area (Å²) < 4.78 is 18.4. The molecule has 4 heteroatoms. The smallest absolute Gasteiger partial charge is 0.142 e. The molecule has 0 saturated carbocycles. The van der Waals surface area contributed by atoms with Crippen molar-refractivity contribution in [3.63, 3.8) is 0 Å². The van der Waals surface area contributed by atoms with Crippen LogP contribution in [0.25, 0.3) is 0 Å². The highest BCUT2D eigenvalue weighted by Gasteiger charge is 2.21. The maximum absolute atomic E-state index is 13.2. The highest BCUT2D eigenvalue weighted by Crippen LogP contribution is 2.20. The van der Waals surface area contributed by atoms with Gasteiger partial charge in [-0.1, -0.05) is 17.7 Å². The number of aliphatic hydroxyl groups excluding tert-OH is 1. The SMILES string of the molecule is COC(C)(C)CC(O)Cc1ccc(Cl)c(F)c1. The number of halogens is 2. The van der Waals surface area contributed by atoms with Gasteiger partial charge in [-0.3, -0.25) is 0 Å². The van der Waals surface area contributed by atoms with E-state index in [1.807, 2.05) is 13.8 Å². The summed E-state index contributed by atoms with van der Waals surface area (Å²) in [6.45, 7) is 3.80. The van der Waals surface area contributed by atoms with E-state index in [0.717, 1.165) is 5.56 Å². The lowest BCUT2D eigenvalue weighted by atomic mass is 9.96. The van der Waals surface area contributed by atoms with Crippen LogP contribution in [-0.2, 0) is 11.2 Å². The fraction of sp³-hybridized carbons (Fsp3) is 0.538. The van der Waals surface area contributed by atoms with Crippen molar-refractivity contribution in [2.24, 2.45) is 0 Å². The molecule has 1 aromatic rings. The fourth-order valence-corrected chi connectivity index (χ4v) is 1.78. The van der Waals surface area contributed by atoms with E-state index in [0.29, 0.717) is 12.8 Å². The highest BCUT2D eigenvalue weighted by molar-refractivity contribution is 6.30. The number of benzene rings is 1. The molecule has 0 aliphatic carbocycles. The van der Waals surface area contributed by atoms with Crippen molar-refractivity contribution in [1.29, 1.82) is 0 Å². The van der Waals surface area contributed by atoms with Crippen molar-refractivity contribution in [2.45, 2.75) is 38.4 Å². The molecule has 0 spiro atoms. The van der Waals surface area contributed by atoms with Crippen molar-refractivity contribution in [1.82, 2.24) is 0 Å². The van der Waals surface area contributed by atoms with Gasteiger partial charge in [0.15, 0.2) is 0 Å². The standard InChI is InChI=1S/C13H18ClFO2/c1-13(2,17-3)8-10(16)6-9-4-5-11(14)12(15)7-9/h4-5,7,10,16H,6,8H2,1-3H3. The Bertz CT molecular complexity index is 380. The number of ether oxygens (including phenoxy) is 1. The molecule has 0 aliphatic rings. The largest absolute Gasteiger partial charge is 0.393 e. The minimum absolute atomic E-state index is 0.0976. The van der Waals surface area contributed by atoms with E-state index in [2.05, 4.69) is 0 Å². The van der Waals surface area contributed by atoms with Crippen LogP contribution < -0.4 is 0 Å². The summed E-state index contributed by atoms with van der Waals surface area (Å²) in [5.74, 6) is -0.456. The maximum atomic E-state index is 13.2. The van der Waals surface area contributed by atoms with E-state index < -0.39 is 11.9 Å². The molecule has 1 N–H and O–H groups in total. The van der Waals surface area contributed by atoms with Gasteiger partial charge in [-0.2, -0.15) is 0 Å². The zero-order valence-electron chi connectivity index (χ0n) is 10.3. The first-order valence-electron chi connectivity index (χ1n) is 5.51. The monoisotopic (exact) mass is 260 g/mol. The molecule has 1 unspecified atom stereocenters.